The van der Waals surface area contributed by atoms with Gasteiger partial charge >= 0.3 is 6.09 Å². The molecule has 5 nitrogen and oxygen atoms in total. The lowest BCUT2D eigenvalue weighted by Crippen LogP contribution is -2.27. The third kappa shape index (κ3) is 3.90. The van der Waals surface area contributed by atoms with Crippen LogP contribution in [0.1, 0.15) is 53.6 Å². The Morgan fingerprint density at radius 2 is 1.81 bits per heavy atom. The van der Waals surface area contributed by atoms with E-state index in [0.717, 1.165) is 24.8 Å². The highest BCUT2D eigenvalue weighted by atomic mass is 32.1. The summed E-state index contributed by atoms with van der Waals surface area (Å²) in [6.07, 6.45) is 2.30. The molecule has 138 valence electrons. The number of carbonyl (C=O) groups excluding carboxylic acids is 2. The molecule has 0 saturated carbocycles. The number of methoxy groups -OCH3 is 1. The van der Waals surface area contributed by atoms with Crippen LogP contribution in [0.4, 0.5) is 9.80 Å². The second-order valence-electron chi connectivity index (χ2n) is 7.25. The Balaban J connectivity index is 1.92. The number of amides is 1. The third-order valence-corrected chi connectivity index (χ3v) is 5.32. The molecular formula is C20H23NO4S. The maximum Gasteiger partial charge on any atom is 0.412 e. The summed E-state index contributed by atoms with van der Waals surface area (Å²) in [5.41, 5.74) is 1.63. The van der Waals surface area contributed by atoms with Crippen LogP contribution in [0.3, 0.4) is 0 Å². The van der Waals surface area contributed by atoms with Gasteiger partial charge in [0, 0.05) is 10.4 Å². The zero-order valence-electron chi connectivity index (χ0n) is 15.5. The first-order chi connectivity index (χ1) is 12.3. The Morgan fingerprint density at radius 3 is 2.42 bits per heavy atom. The summed E-state index contributed by atoms with van der Waals surface area (Å²) in [7, 11) is 1.59. The van der Waals surface area contributed by atoms with Crippen LogP contribution in [0, 0.1) is 0 Å². The van der Waals surface area contributed by atoms with Gasteiger partial charge in [-0.3, -0.25) is 10.1 Å². The summed E-state index contributed by atoms with van der Waals surface area (Å²) < 4.78 is 10.5. The van der Waals surface area contributed by atoms with Crippen molar-refractivity contribution in [3.05, 3.63) is 45.8 Å². The predicted octanol–water partition coefficient (Wildman–Crippen LogP) is 4.82. The number of aryl methyl sites for hydroxylation is 1. The zero-order valence-corrected chi connectivity index (χ0v) is 16.3. The number of ether oxygens (including phenoxy) is 2. The summed E-state index contributed by atoms with van der Waals surface area (Å²) in [4.78, 5) is 26.5. The maximum atomic E-state index is 13.1. The molecule has 1 heterocycles. The molecule has 1 N–H and O–H groups in total. The molecule has 1 aromatic carbocycles. The van der Waals surface area contributed by atoms with E-state index in [1.807, 2.05) is 20.8 Å². The summed E-state index contributed by atoms with van der Waals surface area (Å²) in [5, 5.41) is 3.36. The molecule has 1 amide bonds. The van der Waals surface area contributed by atoms with Crippen molar-refractivity contribution in [2.24, 2.45) is 0 Å². The highest BCUT2D eigenvalue weighted by molar-refractivity contribution is 7.17. The number of fused-ring (bicyclic) bond motifs is 1. The van der Waals surface area contributed by atoms with Gasteiger partial charge in [0.15, 0.2) is 5.78 Å². The van der Waals surface area contributed by atoms with E-state index < -0.39 is 11.7 Å². The molecule has 1 aliphatic rings. The van der Waals surface area contributed by atoms with Gasteiger partial charge in [-0.2, -0.15) is 0 Å². The van der Waals surface area contributed by atoms with Gasteiger partial charge in [0.25, 0.3) is 0 Å². The first-order valence-electron chi connectivity index (χ1n) is 8.62. The minimum absolute atomic E-state index is 0.0851. The standard InChI is InChI=1S/C20H23NO4S/c1-20(2,3)25-19(23)21-18-16(14-6-5-7-15(14)26-18)17(22)12-8-10-13(24-4)11-9-12/h8-11H,5-7H2,1-4H3,(H,21,23). The lowest BCUT2D eigenvalue weighted by atomic mass is 10.0. The van der Waals surface area contributed by atoms with Crippen molar-refractivity contribution < 1.29 is 19.1 Å². The lowest BCUT2D eigenvalue weighted by Gasteiger charge is -2.19. The van der Waals surface area contributed by atoms with Crippen LogP contribution >= 0.6 is 11.3 Å². The van der Waals surface area contributed by atoms with E-state index in [2.05, 4.69) is 5.32 Å². The Morgan fingerprint density at radius 1 is 1.12 bits per heavy atom. The molecule has 0 radical (unpaired) electrons. The quantitative estimate of drug-likeness (QED) is 0.780. The van der Waals surface area contributed by atoms with Gasteiger partial charge < -0.3 is 9.47 Å². The third-order valence-electron chi connectivity index (χ3n) is 4.12. The molecule has 6 heteroatoms. The molecule has 0 fully saturated rings. The van der Waals surface area contributed by atoms with Gasteiger partial charge in [0.05, 0.1) is 12.7 Å². The Hall–Kier alpha value is -2.34. The van der Waals surface area contributed by atoms with Crippen molar-refractivity contribution in [3.63, 3.8) is 0 Å². The van der Waals surface area contributed by atoms with E-state index in [9.17, 15) is 9.59 Å². The van der Waals surface area contributed by atoms with Gasteiger partial charge in [-0.15, -0.1) is 11.3 Å². The summed E-state index contributed by atoms with van der Waals surface area (Å²) in [6, 6.07) is 7.02. The average Bonchev–Trinajstić information content (AvgIpc) is 3.13. The molecule has 0 unspecified atom stereocenters. The van der Waals surface area contributed by atoms with Gasteiger partial charge in [-0.25, -0.2) is 4.79 Å². The van der Waals surface area contributed by atoms with Crippen LogP contribution in [0.25, 0.3) is 0 Å². The number of hydrogen-bond donors (Lipinski definition) is 1. The van der Waals surface area contributed by atoms with E-state index in [4.69, 9.17) is 9.47 Å². The molecule has 2 aromatic rings. The maximum absolute atomic E-state index is 13.1. The molecule has 3 rings (SSSR count). The van der Waals surface area contributed by atoms with Gasteiger partial charge in [-0.1, -0.05) is 0 Å². The van der Waals surface area contributed by atoms with Crippen LogP contribution in [0.2, 0.25) is 0 Å². The van der Waals surface area contributed by atoms with Crippen molar-refractivity contribution >= 4 is 28.2 Å². The van der Waals surface area contributed by atoms with E-state index in [-0.39, 0.29) is 5.78 Å². The summed E-state index contributed by atoms with van der Waals surface area (Å²) in [6.45, 7) is 5.43. The molecule has 0 atom stereocenters. The Bertz CT molecular complexity index is 831. The fraction of sp³-hybridized carbons (Fsp3) is 0.400. The number of anilines is 1. The van der Waals surface area contributed by atoms with Crippen LogP contribution in [-0.2, 0) is 17.6 Å². The van der Waals surface area contributed by atoms with Crippen molar-refractivity contribution in [3.8, 4) is 5.75 Å². The van der Waals surface area contributed by atoms with Crippen LogP contribution in [-0.4, -0.2) is 24.6 Å². The smallest absolute Gasteiger partial charge is 0.412 e. The lowest BCUT2D eigenvalue weighted by molar-refractivity contribution is 0.0636. The number of carbonyl (C=O) groups is 2. The van der Waals surface area contributed by atoms with Crippen molar-refractivity contribution in [2.45, 2.75) is 45.6 Å². The molecule has 0 bridgehead atoms. The number of hydrogen-bond acceptors (Lipinski definition) is 5. The van der Waals surface area contributed by atoms with Crippen LogP contribution in [0.15, 0.2) is 24.3 Å². The first-order valence-corrected chi connectivity index (χ1v) is 9.43. The number of thiophene rings is 1. The van der Waals surface area contributed by atoms with Gasteiger partial charge in [0.2, 0.25) is 0 Å². The number of nitrogens with one attached hydrogen (secondary N) is 1. The normalized spacial score (nSPS) is 13.2. The van der Waals surface area contributed by atoms with E-state index >= 15 is 0 Å². The Kier molecular flexibility index (Phi) is 5.05. The van der Waals surface area contributed by atoms with Gasteiger partial charge in [0.1, 0.15) is 16.4 Å². The average molecular weight is 373 g/mol. The topological polar surface area (TPSA) is 64.6 Å². The summed E-state index contributed by atoms with van der Waals surface area (Å²) in [5.74, 6) is 0.613. The molecular weight excluding hydrogens is 350 g/mol. The second-order valence-corrected chi connectivity index (χ2v) is 8.35. The van der Waals surface area contributed by atoms with E-state index in [1.54, 1.807) is 31.4 Å². The number of benzene rings is 1. The second kappa shape index (κ2) is 7.11. The molecule has 1 aliphatic carbocycles. The zero-order chi connectivity index (χ0) is 18.9. The van der Waals surface area contributed by atoms with Crippen LogP contribution in [0.5, 0.6) is 5.75 Å². The molecule has 0 aliphatic heterocycles. The molecule has 0 spiro atoms. The van der Waals surface area contributed by atoms with Crippen molar-refractivity contribution in [1.82, 2.24) is 0 Å². The fourth-order valence-corrected chi connectivity index (χ4v) is 4.29. The van der Waals surface area contributed by atoms with Crippen molar-refractivity contribution in [2.75, 3.05) is 12.4 Å². The number of ketones is 1. The molecule has 1 aromatic heterocycles. The highest BCUT2D eigenvalue weighted by Crippen LogP contribution is 2.40. The van der Waals surface area contributed by atoms with Gasteiger partial charge in [-0.05, 0) is 69.9 Å². The minimum Gasteiger partial charge on any atom is -0.497 e. The van der Waals surface area contributed by atoms with Crippen molar-refractivity contribution in [1.29, 1.82) is 0 Å². The Labute approximate surface area is 157 Å². The minimum atomic E-state index is -0.593. The largest absolute Gasteiger partial charge is 0.497 e. The number of rotatable bonds is 4. The predicted molar refractivity (Wildman–Crippen MR) is 103 cm³/mol. The SMILES string of the molecule is COc1ccc(C(=O)c2c(NC(=O)OC(C)(C)C)sc3c2CCC3)cc1. The van der Waals surface area contributed by atoms with Crippen LogP contribution < -0.4 is 10.1 Å². The fourth-order valence-electron chi connectivity index (χ4n) is 3.02. The highest BCUT2D eigenvalue weighted by Gasteiger charge is 2.29. The van der Waals surface area contributed by atoms with E-state index in [0.29, 0.717) is 21.9 Å². The first kappa shape index (κ1) is 18.5. The van der Waals surface area contributed by atoms with E-state index in [1.165, 1.54) is 16.2 Å². The molecule has 26 heavy (non-hydrogen) atoms. The molecule has 0 saturated heterocycles. The monoisotopic (exact) mass is 373 g/mol. The summed E-state index contributed by atoms with van der Waals surface area (Å²) >= 11 is 1.48.